The Bertz CT molecular complexity index is 548. The topological polar surface area (TPSA) is 49.4 Å². The predicted octanol–water partition coefficient (Wildman–Crippen LogP) is 2.76. The van der Waals surface area contributed by atoms with Gasteiger partial charge in [0.15, 0.2) is 0 Å². The summed E-state index contributed by atoms with van der Waals surface area (Å²) in [6.07, 6.45) is 1.56. The lowest BCUT2D eigenvalue weighted by Gasteiger charge is -2.34. The molecule has 0 saturated heterocycles. The number of benzene rings is 1. The first-order valence-corrected chi connectivity index (χ1v) is 7.05. The standard InChI is InChI=1S/C17H22N2O2/c1-5-6-8-13-15(20)18-19(17(2,3)4)16(21)14-11-9-7-10-12-14/h7,9-12H,5-6H2,1-4H3,(H,18,20). The zero-order chi connectivity index (χ0) is 15.9. The van der Waals surface area contributed by atoms with Gasteiger partial charge in [0.05, 0.1) is 5.54 Å². The van der Waals surface area contributed by atoms with Crippen molar-refractivity contribution < 1.29 is 9.59 Å². The van der Waals surface area contributed by atoms with Crippen LogP contribution in [0.4, 0.5) is 0 Å². The summed E-state index contributed by atoms with van der Waals surface area (Å²) in [5.41, 5.74) is 2.56. The van der Waals surface area contributed by atoms with E-state index in [4.69, 9.17) is 0 Å². The van der Waals surface area contributed by atoms with Gasteiger partial charge in [0.2, 0.25) is 0 Å². The van der Waals surface area contributed by atoms with Crippen LogP contribution in [-0.4, -0.2) is 22.4 Å². The minimum Gasteiger partial charge on any atom is -0.267 e. The molecular weight excluding hydrogens is 264 g/mol. The van der Waals surface area contributed by atoms with Gasteiger partial charge in [-0.25, -0.2) is 5.01 Å². The molecule has 0 unspecified atom stereocenters. The van der Waals surface area contributed by atoms with Crippen molar-refractivity contribution in [2.45, 2.75) is 46.1 Å². The van der Waals surface area contributed by atoms with Crippen molar-refractivity contribution in [1.29, 1.82) is 0 Å². The van der Waals surface area contributed by atoms with Crippen LogP contribution in [0.15, 0.2) is 30.3 Å². The summed E-state index contributed by atoms with van der Waals surface area (Å²) in [7, 11) is 0. The molecule has 0 aliphatic carbocycles. The third-order valence-electron chi connectivity index (χ3n) is 2.68. The molecule has 1 N–H and O–H groups in total. The Morgan fingerprint density at radius 2 is 1.81 bits per heavy atom. The first-order valence-electron chi connectivity index (χ1n) is 7.05. The van der Waals surface area contributed by atoms with Crippen molar-refractivity contribution in [2.24, 2.45) is 0 Å². The lowest BCUT2D eigenvalue weighted by molar-refractivity contribution is -0.121. The first kappa shape index (κ1) is 16.8. The van der Waals surface area contributed by atoms with E-state index in [9.17, 15) is 9.59 Å². The van der Waals surface area contributed by atoms with Gasteiger partial charge in [0.25, 0.3) is 5.91 Å². The Hall–Kier alpha value is -2.28. The van der Waals surface area contributed by atoms with Crippen molar-refractivity contribution in [3.8, 4) is 11.8 Å². The summed E-state index contributed by atoms with van der Waals surface area (Å²) in [4.78, 5) is 24.4. The monoisotopic (exact) mass is 286 g/mol. The summed E-state index contributed by atoms with van der Waals surface area (Å²) in [6, 6.07) is 8.85. The fourth-order valence-corrected chi connectivity index (χ4v) is 1.63. The van der Waals surface area contributed by atoms with Crippen LogP contribution in [0.3, 0.4) is 0 Å². The normalized spacial score (nSPS) is 10.3. The molecule has 0 heterocycles. The molecule has 4 nitrogen and oxygen atoms in total. The van der Waals surface area contributed by atoms with Gasteiger partial charge in [-0.2, -0.15) is 0 Å². The largest absolute Gasteiger partial charge is 0.314 e. The highest BCUT2D eigenvalue weighted by atomic mass is 16.2. The Morgan fingerprint density at radius 1 is 1.19 bits per heavy atom. The van der Waals surface area contributed by atoms with Crippen molar-refractivity contribution in [3.63, 3.8) is 0 Å². The van der Waals surface area contributed by atoms with Gasteiger partial charge in [-0.05, 0) is 45.2 Å². The molecule has 1 rings (SSSR count). The SMILES string of the molecule is CCCC#CC(=O)NN(C(=O)c1ccccc1)C(C)(C)C. The number of rotatable bonds is 2. The molecule has 1 aromatic carbocycles. The maximum atomic E-state index is 12.5. The van der Waals surface area contributed by atoms with E-state index in [1.807, 2.05) is 33.8 Å². The van der Waals surface area contributed by atoms with Crippen molar-refractivity contribution in [1.82, 2.24) is 10.4 Å². The van der Waals surface area contributed by atoms with E-state index >= 15 is 0 Å². The predicted molar refractivity (Wildman–Crippen MR) is 83.2 cm³/mol. The highest BCUT2D eigenvalue weighted by Gasteiger charge is 2.28. The molecule has 1 aromatic rings. The second-order valence-corrected chi connectivity index (χ2v) is 5.67. The second-order valence-electron chi connectivity index (χ2n) is 5.67. The zero-order valence-corrected chi connectivity index (χ0v) is 13.1. The summed E-state index contributed by atoms with van der Waals surface area (Å²) in [5.74, 6) is 4.54. The smallest absolute Gasteiger partial charge is 0.267 e. The van der Waals surface area contributed by atoms with Gasteiger partial charge in [-0.15, -0.1) is 0 Å². The lowest BCUT2D eigenvalue weighted by atomic mass is 10.1. The van der Waals surface area contributed by atoms with Crippen LogP contribution in [0.5, 0.6) is 0 Å². The summed E-state index contributed by atoms with van der Waals surface area (Å²) >= 11 is 0. The van der Waals surface area contributed by atoms with Crippen molar-refractivity contribution in [2.75, 3.05) is 0 Å². The van der Waals surface area contributed by atoms with Crippen molar-refractivity contribution >= 4 is 11.8 Å². The number of carbonyl (C=O) groups is 2. The van der Waals surface area contributed by atoms with Gasteiger partial charge in [0.1, 0.15) is 0 Å². The lowest BCUT2D eigenvalue weighted by Crippen LogP contribution is -2.55. The first-order chi connectivity index (χ1) is 9.86. The number of hydrazine groups is 1. The average Bonchev–Trinajstić information content (AvgIpc) is 2.44. The Morgan fingerprint density at radius 3 is 2.33 bits per heavy atom. The number of carbonyl (C=O) groups excluding carboxylic acids is 2. The van der Waals surface area contributed by atoms with Gasteiger partial charge >= 0.3 is 5.91 Å². The van der Waals surface area contributed by atoms with Crippen LogP contribution in [0.2, 0.25) is 0 Å². The minimum atomic E-state index is -0.547. The molecule has 4 heteroatoms. The van der Waals surface area contributed by atoms with Gasteiger partial charge in [-0.3, -0.25) is 15.0 Å². The van der Waals surface area contributed by atoms with E-state index in [1.54, 1.807) is 24.3 Å². The molecule has 2 amide bonds. The Balaban J connectivity index is 2.91. The minimum absolute atomic E-state index is 0.256. The van der Waals surface area contributed by atoms with Gasteiger partial charge in [0, 0.05) is 12.0 Å². The molecular formula is C17H22N2O2. The molecule has 0 aromatic heterocycles. The maximum absolute atomic E-state index is 12.5. The Kier molecular flexibility index (Phi) is 5.98. The van der Waals surface area contributed by atoms with Crippen molar-refractivity contribution in [3.05, 3.63) is 35.9 Å². The Labute approximate surface area is 126 Å². The quantitative estimate of drug-likeness (QED) is 0.671. The molecule has 21 heavy (non-hydrogen) atoms. The fourth-order valence-electron chi connectivity index (χ4n) is 1.63. The van der Waals surface area contributed by atoms with E-state index in [-0.39, 0.29) is 5.91 Å². The molecule has 0 aliphatic rings. The summed E-state index contributed by atoms with van der Waals surface area (Å²) in [6.45, 7) is 7.56. The van der Waals surface area contributed by atoms with Crippen LogP contribution >= 0.6 is 0 Å². The third-order valence-corrected chi connectivity index (χ3v) is 2.68. The zero-order valence-electron chi connectivity index (χ0n) is 13.1. The van der Waals surface area contributed by atoms with Crippen LogP contribution in [-0.2, 0) is 4.79 Å². The van der Waals surface area contributed by atoms with E-state index in [1.165, 1.54) is 5.01 Å². The molecule has 0 spiro atoms. The van der Waals surface area contributed by atoms with Crippen LogP contribution in [0.25, 0.3) is 0 Å². The number of unbranched alkanes of at least 4 members (excludes halogenated alkanes) is 1. The average molecular weight is 286 g/mol. The summed E-state index contributed by atoms with van der Waals surface area (Å²) in [5, 5.41) is 1.32. The van der Waals surface area contributed by atoms with E-state index in [2.05, 4.69) is 17.3 Å². The maximum Gasteiger partial charge on any atom is 0.314 e. The number of amides is 2. The summed E-state index contributed by atoms with van der Waals surface area (Å²) < 4.78 is 0. The van der Waals surface area contributed by atoms with E-state index in [0.29, 0.717) is 12.0 Å². The highest BCUT2D eigenvalue weighted by molar-refractivity contribution is 5.99. The van der Waals surface area contributed by atoms with Crippen LogP contribution in [0.1, 0.15) is 50.9 Å². The molecule has 0 atom stereocenters. The molecule has 112 valence electrons. The van der Waals surface area contributed by atoms with Crippen LogP contribution in [0, 0.1) is 11.8 Å². The van der Waals surface area contributed by atoms with E-state index < -0.39 is 11.4 Å². The number of hydrogen-bond acceptors (Lipinski definition) is 2. The van der Waals surface area contributed by atoms with Gasteiger partial charge < -0.3 is 0 Å². The molecule has 0 saturated carbocycles. The number of hydrogen-bond donors (Lipinski definition) is 1. The fraction of sp³-hybridized carbons (Fsp3) is 0.412. The molecule has 0 bridgehead atoms. The highest BCUT2D eigenvalue weighted by Crippen LogP contribution is 2.14. The second kappa shape index (κ2) is 7.49. The molecule has 0 fully saturated rings. The van der Waals surface area contributed by atoms with Crippen LogP contribution < -0.4 is 5.43 Å². The molecule has 0 radical (unpaired) electrons. The number of nitrogens with one attached hydrogen (secondary N) is 1. The molecule has 0 aliphatic heterocycles. The van der Waals surface area contributed by atoms with Gasteiger partial charge in [-0.1, -0.05) is 31.0 Å². The van der Waals surface area contributed by atoms with E-state index in [0.717, 1.165) is 6.42 Å². The number of nitrogens with zero attached hydrogens (tertiary/aromatic N) is 1. The third kappa shape index (κ3) is 5.31.